The topological polar surface area (TPSA) is 26.3 Å². The Labute approximate surface area is 102 Å². The fourth-order valence-electron chi connectivity index (χ4n) is 1.24. The van der Waals surface area contributed by atoms with Crippen LogP contribution in [0.3, 0.4) is 0 Å². The fraction of sp³-hybridized carbons (Fsp3) is 0.917. The fourth-order valence-corrected chi connectivity index (χ4v) is 1.57. The molecule has 0 aromatic rings. The number of carbonyl (C=O) groups is 1. The van der Waals surface area contributed by atoms with E-state index in [2.05, 4.69) is 29.8 Å². The molecule has 0 fully saturated rings. The van der Waals surface area contributed by atoms with E-state index in [-0.39, 0.29) is 5.97 Å². The molecule has 15 heavy (non-hydrogen) atoms. The Bertz CT molecular complexity index is 160. The lowest BCUT2D eigenvalue weighted by Crippen LogP contribution is -2.05. The van der Waals surface area contributed by atoms with E-state index in [0.717, 1.165) is 38.5 Å². The van der Waals surface area contributed by atoms with Crippen molar-refractivity contribution in [1.82, 2.24) is 0 Å². The quantitative estimate of drug-likeness (QED) is 0.361. The number of carbonyl (C=O) groups excluding carboxylic acids is 1. The molecule has 2 nitrogen and oxygen atoms in total. The number of hydrogen-bond donors (Lipinski definition) is 0. The van der Waals surface area contributed by atoms with Crippen LogP contribution in [0.1, 0.15) is 58.8 Å². The molecule has 3 heteroatoms. The molecule has 0 saturated heterocycles. The summed E-state index contributed by atoms with van der Waals surface area (Å²) in [5.41, 5.74) is 0. The van der Waals surface area contributed by atoms with E-state index in [4.69, 9.17) is 4.74 Å². The molecular formula is C12H23BrO2. The summed E-state index contributed by atoms with van der Waals surface area (Å²) in [6.45, 7) is 4.85. The first-order valence-corrected chi connectivity index (χ1v) is 6.92. The van der Waals surface area contributed by atoms with Gasteiger partial charge in [-0.2, -0.15) is 0 Å². The van der Waals surface area contributed by atoms with E-state index in [1.807, 2.05) is 0 Å². The van der Waals surface area contributed by atoms with Crippen molar-refractivity contribution in [2.75, 3.05) is 6.61 Å². The molecule has 90 valence electrons. The van der Waals surface area contributed by atoms with E-state index >= 15 is 0 Å². The maximum atomic E-state index is 11.2. The van der Waals surface area contributed by atoms with Gasteiger partial charge in [0, 0.05) is 11.2 Å². The molecule has 0 aliphatic rings. The lowest BCUT2D eigenvalue weighted by molar-refractivity contribution is -0.143. The highest BCUT2D eigenvalue weighted by Crippen LogP contribution is 2.14. The predicted molar refractivity (Wildman–Crippen MR) is 67.3 cm³/mol. The Morgan fingerprint density at radius 2 is 2.00 bits per heavy atom. The van der Waals surface area contributed by atoms with Crippen LogP contribution in [0.5, 0.6) is 0 Å². The van der Waals surface area contributed by atoms with Crippen LogP contribution in [0.25, 0.3) is 0 Å². The molecular weight excluding hydrogens is 256 g/mol. The van der Waals surface area contributed by atoms with Crippen LogP contribution in [0.15, 0.2) is 0 Å². The zero-order valence-electron chi connectivity index (χ0n) is 9.93. The van der Waals surface area contributed by atoms with E-state index in [1.165, 1.54) is 0 Å². The van der Waals surface area contributed by atoms with Gasteiger partial charge < -0.3 is 4.74 Å². The van der Waals surface area contributed by atoms with Gasteiger partial charge in [0.25, 0.3) is 0 Å². The number of halogens is 1. The van der Waals surface area contributed by atoms with E-state index in [0.29, 0.717) is 17.9 Å². The minimum absolute atomic E-state index is 0.0360. The molecule has 0 aromatic carbocycles. The van der Waals surface area contributed by atoms with E-state index in [1.54, 1.807) is 0 Å². The summed E-state index contributed by atoms with van der Waals surface area (Å²) in [6, 6.07) is 0. The van der Waals surface area contributed by atoms with Crippen molar-refractivity contribution in [1.29, 1.82) is 0 Å². The first-order chi connectivity index (χ1) is 7.20. The van der Waals surface area contributed by atoms with Crippen LogP contribution < -0.4 is 0 Å². The first kappa shape index (κ1) is 14.9. The Morgan fingerprint density at radius 1 is 1.27 bits per heavy atom. The van der Waals surface area contributed by atoms with Crippen LogP contribution in [-0.4, -0.2) is 17.4 Å². The van der Waals surface area contributed by atoms with Gasteiger partial charge in [-0.25, -0.2) is 0 Å². The Morgan fingerprint density at radius 3 is 2.60 bits per heavy atom. The monoisotopic (exact) mass is 278 g/mol. The zero-order chi connectivity index (χ0) is 11.5. The van der Waals surface area contributed by atoms with Crippen molar-refractivity contribution >= 4 is 21.9 Å². The summed E-state index contributed by atoms with van der Waals surface area (Å²) in [7, 11) is 0. The van der Waals surface area contributed by atoms with Gasteiger partial charge in [-0.3, -0.25) is 4.79 Å². The van der Waals surface area contributed by atoms with E-state index in [9.17, 15) is 4.79 Å². The second-order valence-electron chi connectivity index (χ2n) is 3.83. The highest BCUT2D eigenvalue weighted by molar-refractivity contribution is 9.09. The molecule has 0 radical (unpaired) electrons. The van der Waals surface area contributed by atoms with Gasteiger partial charge in [0.2, 0.25) is 0 Å². The van der Waals surface area contributed by atoms with Crippen molar-refractivity contribution in [3.8, 4) is 0 Å². The molecule has 0 bridgehead atoms. The molecule has 1 atom stereocenters. The summed E-state index contributed by atoms with van der Waals surface area (Å²) in [5, 5.41) is 0. The third kappa shape index (κ3) is 10.2. The second-order valence-corrected chi connectivity index (χ2v) is 5.12. The van der Waals surface area contributed by atoms with Crippen molar-refractivity contribution in [3.63, 3.8) is 0 Å². The Hall–Kier alpha value is -0.0500. The normalized spacial score (nSPS) is 12.5. The number of ether oxygens (including phenoxy) is 1. The van der Waals surface area contributed by atoms with Crippen molar-refractivity contribution < 1.29 is 9.53 Å². The van der Waals surface area contributed by atoms with Crippen LogP contribution in [0.4, 0.5) is 0 Å². The Balaban J connectivity index is 3.23. The maximum Gasteiger partial charge on any atom is 0.305 e. The van der Waals surface area contributed by atoms with Crippen molar-refractivity contribution in [3.05, 3.63) is 0 Å². The summed E-state index contributed by atoms with van der Waals surface area (Å²) in [4.78, 5) is 11.8. The van der Waals surface area contributed by atoms with E-state index < -0.39 is 0 Å². The average molecular weight is 279 g/mol. The number of hydrogen-bond acceptors (Lipinski definition) is 2. The SMILES string of the molecule is CCCCOC(=O)CCCCC(Br)CC. The molecule has 1 unspecified atom stereocenters. The summed E-state index contributed by atoms with van der Waals surface area (Å²) in [5.74, 6) is -0.0360. The smallest absolute Gasteiger partial charge is 0.305 e. The lowest BCUT2D eigenvalue weighted by Gasteiger charge is -2.06. The summed E-state index contributed by atoms with van der Waals surface area (Å²) in [6.07, 6.45) is 6.99. The van der Waals surface area contributed by atoms with Crippen molar-refractivity contribution in [2.45, 2.75) is 63.6 Å². The molecule has 0 aliphatic carbocycles. The van der Waals surface area contributed by atoms with Gasteiger partial charge in [0.15, 0.2) is 0 Å². The summed E-state index contributed by atoms with van der Waals surface area (Å²) >= 11 is 3.58. The Kier molecular flexibility index (Phi) is 10.4. The van der Waals surface area contributed by atoms with Gasteiger partial charge in [0.05, 0.1) is 6.61 Å². The highest BCUT2D eigenvalue weighted by atomic mass is 79.9. The standard InChI is InChI=1S/C12H23BrO2/c1-3-5-10-15-12(14)9-7-6-8-11(13)4-2/h11H,3-10H2,1-2H3. The molecule has 0 rings (SSSR count). The molecule has 0 aliphatic heterocycles. The van der Waals surface area contributed by atoms with Gasteiger partial charge in [-0.05, 0) is 25.7 Å². The number of alkyl halides is 1. The molecule has 0 spiro atoms. The summed E-state index contributed by atoms with van der Waals surface area (Å²) < 4.78 is 5.07. The largest absolute Gasteiger partial charge is 0.466 e. The van der Waals surface area contributed by atoms with Gasteiger partial charge in [0.1, 0.15) is 0 Å². The maximum absolute atomic E-state index is 11.2. The van der Waals surface area contributed by atoms with Gasteiger partial charge in [-0.15, -0.1) is 0 Å². The van der Waals surface area contributed by atoms with Crippen LogP contribution in [0.2, 0.25) is 0 Å². The average Bonchev–Trinajstić information content (AvgIpc) is 2.24. The highest BCUT2D eigenvalue weighted by Gasteiger charge is 2.04. The third-order valence-corrected chi connectivity index (χ3v) is 3.46. The predicted octanol–water partition coefficient (Wildman–Crippen LogP) is 4.06. The molecule has 0 N–H and O–H groups in total. The molecule has 0 heterocycles. The van der Waals surface area contributed by atoms with Crippen molar-refractivity contribution in [2.24, 2.45) is 0 Å². The van der Waals surface area contributed by atoms with Crippen LogP contribution in [0, 0.1) is 0 Å². The zero-order valence-corrected chi connectivity index (χ0v) is 11.5. The molecule has 0 amide bonds. The van der Waals surface area contributed by atoms with Gasteiger partial charge in [-0.1, -0.05) is 42.6 Å². The minimum Gasteiger partial charge on any atom is -0.466 e. The van der Waals surface area contributed by atoms with Gasteiger partial charge >= 0.3 is 5.97 Å². The molecule has 0 aromatic heterocycles. The van der Waals surface area contributed by atoms with Crippen LogP contribution in [-0.2, 0) is 9.53 Å². The number of esters is 1. The molecule has 0 saturated carbocycles. The van der Waals surface area contributed by atoms with Crippen LogP contribution >= 0.6 is 15.9 Å². The second kappa shape index (κ2) is 10.5. The lowest BCUT2D eigenvalue weighted by atomic mass is 10.1. The third-order valence-electron chi connectivity index (χ3n) is 2.35. The first-order valence-electron chi connectivity index (χ1n) is 6.00. The minimum atomic E-state index is -0.0360. The number of rotatable bonds is 9. The number of unbranched alkanes of at least 4 members (excludes halogenated alkanes) is 2.